The summed E-state index contributed by atoms with van der Waals surface area (Å²) in [5.41, 5.74) is 0. The lowest BCUT2D eigenvalue weighted by molar-refractivity contribution is -0.138. The molecular weight excluding hydrogens is 318 g/mol. The van der Waals surface area contributed by atoms with Crippen molar-refractivity contribution in [1.29, 1.82) is 0 Å². The number of hydrogen-bond acceptors (Lipinski definition) is 5. The molecule has 0 aromatic carbocycles. The number of hydrogen-bond donors (Lipinski definition) is 0. The Bertz CT molecular complexity index is 622. The summed E-state index contributed by atoms with van der Waals surface area (Å²) < 4.78 is 29.6. The molecule has 1 aliphatic heterocycles. The second-order valence-corrected chi connectivity index (χ2v) is 7.32. The van der Waals surface area contributed by atoms with Crippen LogP contribution in [0.25, 0.3) is 0 Å². The monoisotopic (exact) mass is 335 g/mol. The molecule has 0 spiro atoms. The van der Waals surface area contributed by atoms with Crippen molar-refractivity contribution in [3.63, 3.8) is 0 Å². The number of amides is 1. The summed E-state index contributed by atoms with van der Waals surface area (Å²) in [4.78, 5) is 18.2. The Kier molecular flexibility index (Phi) is 4.90. The van der Waals surface area contributed by atoms with Gasteiger partial charge in [0.1, 0.15) is 11.9 Å². The fourth-order valence-corrected chi connectivity index (χ4v) is 2.97. The molecule has 2 heterocycles. The molecule has 1 unspecified atom stereocenters. The maximum atomic E-state index is 12.5. The van der Waals surface area contributed by atoms with Gasteiger partial charge in [-0.3, -0.25) is 4.79 Å². The van der Waals surface area contributed by atoms with Gasteiger partial charge in [-0.05, 0) is 6.92 Å². The van der Waals surface area contributed by atoms with E-state index in [2.05, 4.69) is 4.98 Å². The average molecular weight is 336 g/mol. The van der Waals surface area contributed by atoms with E-state index in [-0.39, 0.29) is 10.9 Å². The van der Waals surface area contributed by atoms with E-state index >= 15 is 0 Å². The third-order valence-corrected chi connectivity index (χ3v) is 4.62. The lowest BCUT2D eigenvalue weighted by Crippen LogP contribution is -2.43. The lowest BCUT2D eigenvalue weighted by atomic mass is 10.2. The predicted octanol–water partition coefficient (Wildman–Crippen LogP) is 0.793. The number of halogens is 1. The number of rotatable bonds is 4. The van der Waals surface area contributed by atoms with E-state index in [9.17, 15) is 13.2 Å². The second kappa shape index (κ2) is 6.33. The molecule has 1 fully saturated rings. The molecule has 0 aliphatic carbocycles. The van der Waals surface area contributed by atoms with Gasteiger partial charge in [0.25, 0.3) is 9.05 Å². The van der Waals surface area contributed by atoms with Crippen molar-refractivity contribution >= 4 is 25.6 Å². The molecule has 9 heteroatoms. The van der Waals surface area contributed by atoms with Crippen LogP contribution >= 0.6 is 10.7 Å². The number of carbonyl (C=O) groups excluding carboxylic acids is 1. The summed E-state index contributed by atoms with van der Waals surface area (Å²) in [6, 6.07) is -0.530. The van der Waals surface area contributed by atoms with Crippen LogP contribution in [-0.4, -0.2) is 55.1 Å². The summed E-state index contributed by atoms with van der Waals surface area (Å²) in [6.45, 7) is 5.69. The van der Waals surface area contributed by atoms with Crippen molar-refractivity contribution in [2.45, 2.75) is 31.3 Å². The van der Waals surface area contributed by atoms with E-state index in [0.717, 1.165) is 0 Å². The third kappa shape index (κ3) is 3.56. The highest BCUT2D eigenvalue weighted by Crippen LogP contribution is 2.20. The quantitative estimate of drug-likeness (QED) is 0.760. The van der Waals surface area contributed by atoms with Gasteiger partial charge in [-0.1, -0.05) is 6.92 Å². The Balaban J connectivity index is 2.27. The lowest BCUT2D eigenvalue weighted by Gasteiger charge is -2.30. The van der Waals surface area contributed by atoms with Crippen LogP contribution < -0.4 is 0 Å². The average Bonchev–Trinajstić information content (AvgIpc) is 2.91. The van der Waals surface area contributed by atoms with Crippen LogP contribution in [0.3, 0.4) is 0 Å². The first-order valence-corrected chi connectivity index (χ1v) is 9.04. The Morgan fingerprint density at radius 1 is 1.48 bits per heavy atom. The normalized spacial score (nSPS) is 17.8. The third-order valence-electron chi connectivity index (χ3n) is 3.45. The zero-order chi connectivity index (χ0) is 15.6. The highest BCUT2D eigenvalue weighted by Gasteiger charge is 2.27. The van der Waals surface area contributed by atoms with Gasteiger partial charge < -0.3 is 14.2 Å². The summed E-state index contributed by atoms with van der Waals surface area (Å²) in [7, 11) is 1.42. The first kappa shape index (κ1) is 16.3. The Labute approximate surface area is 128 Å². The standard InChI is InChI=1S/C12H18ClN3O4S/c1-3-10-14-11(21(13,18)19)8-16(10)9(2)12(17)15-4-6-20-7-5-15/h8-9H,3-7H2,1-2H3. The van der Waals surface area contributed by atoms with Gasteiger partial charge in [0.05, 0.1) is 13.2 Å². The number of ether oxygens (including phenoxy) is 1. The van der Waals surface area contributed by atoms with Gasteiger partial charge in [0.2, 0.25) is 5.91 Å². The van der Waals surface area contributed by atoms with E-state index in [1.54, 1.807) is 16.4 Å². The van der Waals surface area contributed by atoms with Crippen LogP contribution in [0.1, 0.15) is 25.7 Å². The molecule has 0 bridgehead atoms. The molecule has 1 atom stereocenters. The number of nitrogens with zero attached hydrogens (tertiary/aromatic N) is 3. The molecule has 1 aliphatic rings. The minimum atomic E-state index is -3.90. The van der Waals surface area contributed by atoms with Crippen molar-refractivity contribution < 1.29 is 17.9 Å². The van der Waals surface area contributed by atoms with Crippen LogP contribution in [0.5, 0.6) is 0 Å². The first-order valence-electron chi connectivity index (χ1n) is 6.73. The van der Waals surface area contributed by atoms with Crippen molar-refractivity contribution in [2.75, 3.05) is 26.3 Å². The molecular formula is C12H18ClN3O4S. The summed E-state index contributed by atoms with van der Waals surface area (Å²) in [5.74, 6) is 0.437. The molecule has 21 heavy (non-hydrogen) atoms. The highest BCUT2D eigenvalue weighted by molar-refractivity contribution is 8.13. The van der Waals surface area contributed by atoms with Gasteiger partial charge in [-0.25, -0.2) is 13.4 Å². The molecule has 1 saturated heterocycles. The van der Waals surface area contributed by atoms with Crippen LogP contribution in [0, 0.1) is 0 Å². The maximum Gasteiger partial charge on any atom is 0.280 e. The Morgan fingerprint density at radius 2 is 2.10 bits per heavy atom. The largest absolute Gasteiger partial charge is 0.378 e. The number of aromatic nitrogens is 2. The molecule has 7 nitrogen and oxygen atoms in total. The zero-order valence-electron chi connectivity index (χ0n) is 12.0. The zero-order valence-corrected chi connectivity index (χ0v) is 13.5. The summed E-state index contributed by atoms with van der Waals surface area (Å²) in [5, 5.41) is -0.220. The van der Waals surface area contributed by atoms with Gasteiger partial charge >= 0.3 is 0 Å². The molecule has 1 amide bonds. The number of imidazole rings is 1. The molecule has 1 aromatic heterocycles. The molecule has 2 rings (SSSR count). The number of morpholine rings is 1. The van der Waals surface area contributed by atoms with E-state index in [1.165, 1.54) is 6.20 Å². The summed E-state index contributed by atoms with van der Waals surface area (Å²) >= 11 is 0. The smallest absolute Gasteiger partial charge is 0.280 e. The minimum Gasteiger partial charge on any atom is -0.378 e. The van der Waals surface area contributed by atoms with Crippen LogP contribution in [0.4, 0.5) is 0 Å². The molecule has 0 N–H and O–H groups in total. The van der Waals surface area contributed by atoms with E-state index in [4.69, 9.17) is 15.4 Å². The van der Waals surface area contributed by atoms with Gasteiger partial charge in [-0.2, -0.15) is 0 Å². The van der Waals surface area contributed by atoms with Crippen molar-refractivity contribution in [1.82, 2.24) is 14.5 Å². The Morgan fingerprint density at radius 3 is 2.62 bits per heavy atom. The van der Waals surface area contributed by atoms with Crippen molar-refractivity contribution in [3.8, 4) is 0 Å². The molecule has 0 radical (unpaired) electrons. The first-order chi connectivity index (χ1) is 9.84. The fourth-order valence-electron chi connectivity index (χ4n) is 2.29. The van der Waals surface area contributed by atoms with Crippen LogP contribution in [-0.2, 0) is 25.0 Å². The molecule has 1 aromatic rings. The van der Waals surface area contributed by atoms with Gasteiger partial charge in [0, 0.05) is 36.4 Å². The van der Waals surface area contributed by atoms with Crippen LogP contribution in [0.2, 0.25) is 0 Å². The second-order valence-electron chi connectivity index (χ2n) is 4.81. The van der Waals surface area contributed by atoms with Crippen molar-refractivity contribution in [2.24, 2.45) is 0 Å². The summed E-state index contributed by atoms with van der Waals surface area (Å²) in [6.07, 6.45) is 1.83. The molecule has 118 valence electrons. The van der Waals surface area contributed by atoms with E-state index in [1.807, 2.05) is 6.92 Å². The number of carbonyl (C=O) groups is 1. The highest BCUT2D eigenvalue weighted by atomic mass is 35.7. The predicted molar refractivity (Wildman–Crippen MR) is 76.8 cm³/mol. The van der Waals surface area contributed by atoms with Gasteiger partial charge in [-0.15, -0.1) is 0 Å². The SMILES string of the molecule is CCc1nc(S(=O)(=O)Cl)cn1C(C)C(=O)N1CCOCC1. The van der Waals surface area contributed by atoms with Crippen LogP contribution in [0.15, 0.2) is 11.2 Å². The minimum absolute atomic E-state index is 0.0797. The van der Waals surface area contributed by atoms with Gasteiger partial charge in [0.15, 0.2) is 5.03 Å². The van der Waals surface area contributed by atoms with E-state index < -0.39 is 15.1 Å². The fraction of sp³-hybridized carbons (Fsp3) is 0.667. The van der Waals surface area contributed by atoms with Crippen molar-refractivity contribution in [3.05, 3.63) is 12.0 Å². The maximum absolute atomic E-state index is 12.5. The topological polar surface area (TPSA) is 81.5 Å². The molecule has 0 saturated carbocycles. The Hall–Kier alpha value is -1.12. The van der Waals surface area contributed by atoms with E-state index in [0.29, 0.717) is 38.5 Å². The number of aryl methyl sites for hydroxylation is 1.